The van der Waals surface area contributed by atoms with Crippen molar-refractivity contribution in [3.63, 3.8) is 0 Å². The molecule has 7 heteroatoms. The third kappa shape index (κ3) is 3.77. The minimum Gasteiger partial charge on any atom is -0.507 e. The quantitative estimate of drug-likeness (QED) is 0.521. The number of benzene rings is 1. The van der Waals surface area contributed by atoms with E-state index in [0.29, 0.717) is 23.1 Å². The maximum atomic E-state index is 12.3. The van der Waals surface area contributed by atoms with E-state index in [1.807, 2.05) is 10.8 Å². The van der Waals surface area contributed by atoms with Gasteiger partial charge in [0.05, 0.1) is 23.7 Å². The Morgan fingerprint density at radius 2 is 2.15 bits per heavy atom. The van der Waals surface area contributed by atoms with Crippen LogP contribution in [0.1, 0.15) is 23.1 Å². The number of amides is 1. The van der Waals surface area contributed by atoms with E-state index in [0.717, 1.165) is 18.5 Å². The number of nitrogens with zero attached hydrogens (tertiary/aromatic N) is 2. The van der Waals surface area contributed by atoms with Gasteiger partial charge in [-0.05, 0) is 43.5 Å². The van der Waals surface area contributed by atoms with Crippen LogP contribution in [0.4, 0.5) is 0 Å². The van der Waals surface area contributed by atoms with Crippen LogP contribution in [-0.2, 0) is 17.8 Å². The molecule has 3 rings (SSSR count). The van der Waals surface area contributed by atoms with Crippen molar-refractivity contribution in [1.82, 2.24) is 14.9 Å². The van der Waals surface area contributed by atoms with Crippen LogP contribution < -0.4 is 10.9 Å². The fourth-order valence-electron chi connectivity index (χ4n) is 2.99. The molecule has 0 fully saturated rings. The fraction of sp³-hybridized carbons (Fsp3) is 0.316. The van der Waals surface area contributed by atoms with E-state index < -0.39 is 5.63 Å². The number of phenolic OH excluding ortho intramolecular Hbond substituents is 1. The van der Waals surface area contributed by atoms with Crippen molar-refractivity contribution in [3.05, 3.63) is 58.0 Å². The van der Waals surface area contributed by atoms with Crippen molar-refractivity contribution in [3.8, 4) is 5.75 Å². The highest BCUT2D eigenvalue weighted by Crippen LogP contribution is 2.29. The standard InChI is InChI=1S/C19H21N3O4/c1-12-8-15(23)18-13(2)14(19(25)26-16(18)9-12)10-17(24)21-4-3-6-22-7-5-20-11-22/h5,7-9,11,23H,3-4,6,10H2,1-2H3,(H,21,24). The van der Waals surface area contributed by atoms with Crippen molar-refractivity contribution < 1.29 is 14.3 Å². The summed E-state index contributed by atoms with van der Waals surface area (Å²) in [5, 5.41) is 13.5. The van der Waals surface area contributed by atoms with Crippen LogP contribution in [-0.4, -0.2) is 27.1 Å². The van der Waals surface area contributed by atoms with Gasteiger partial charge in [-0.3, -0.25) is 4.79 Å². The molecule has 2 heterocycles. The molecule has 2 N–H and O–H groups in total. The molecule has 0 atom stereocenters. The number of hydrogen-bond acceptors (Lipinski definition) is 5. The van der Waals surface area contributed by atoms with Crippen LogP contribution >= 0.6 is 0 Å². The van der Waals surface area contributed by atoms with Crippen molar-refractivity contribution in [2.24, 2.45) is 0 Å². The van der Waals surface area contributed by atoms with Crippen molar-refractivity contribution >= 4 is 16.9 Å². The Morgan fingerprint density at radius 3 is 2.88 bits per heavy atom. The largest absolute Gasteiger partial charge is 0.507 e. The Morgan fingerprint density at radius 1 is 1.35 bits per heavy atom. The normalized spacial score (nSPS) is 11.0. The van der Waals surface area contributed by atoms with E-state index >= 15 is 0 Å². The molecule has 7 nitrogen and oxygen atoms in total. The summed E-state index contributed by atoms with van der Waals surface area (Å²) in [5.74, 6) is -0.208. The Kier molecular flexibility index (Phi) is 5.06. The second kappa shape index (κ2) is 7.43. The molecule has 26 heavy (non-hydrogen) atoms. The Labute approximate surface area is 150 Å². The summed E-state index contributed by atoms with van der Waals surface area (Å²) >= 11 is 0. The van der Waals surface area contributed by atoms with Crippen LogP contribution in [0.5, 0.6) is 5.75 Å². The van der Waals surface area contributed by atoms with E-state index in [4.69, 9.17) is 4.42 Å². The lowest BCUT2D eigenvalue weighted by atomic mass is 10.0. The average Bonchev–Trinajstić information content (AvgIpc) is 3.08. The lowest BCUT2D eigenvalue weighted by Crippen LogP contribution is -2.29. The Balaban J connectivity index is 1.70. The number of carbonyl (C=O) groups is 1. The molecule has 0 aliphatic carbocycles. The molecule has 0 radical (unpaired) electrons. The van der Waals surface area contributed by atoms with Gasteiger partial charge in [0, 0.05) is 25.5 Å². The summed E-state index contributed by atoms with van der Waals surface area (Å²) in [6.07, 6.45) is 5.96. The predicted molar refractivity (Wildman–Crippen MR) is 97.2 cm³/mol. The maximum Gasteiger partial charge on any atom is 0.340 e. The van der Waals surface area contributed by atoms with Gasteiger partial charge in [0.15, 0.2) is 0 Å². The number of phenols is 1. The Bertz CT molecular complexity index is 990. The number of imidazole rings is 1. The topological polar surface area (TPSA) is 97.4 Å². The second-order valence-electron chi connectivity index (χ2n) is 6.33. The first-order valence-electron chi connectivity index (χ1n) is 8.44. The molecule has 0 bridgehead atoms. The number of carbonyl (C=O) groups excluding carboxylic acids is 1. The smallest absolute Gasteiger partial charge is 0.340 e. The van der Waals surface area contributed by atoms with Gasteiger partial charge < -0.3 is 19.4 Å². The highest BCUT2D eigenvalue weighted by Gasteiger charge is 2.17. The first kappa shape index (κ1) is 17.7. The maximum absolute atomic E-state index is 12.3. The molecule has 1 aromatic carbocycles. The monoisotopic (exact) mass is 355 g/mol. The molecule has 136 valence electrons. The first-order chi connectivity index (χ1) is 12.5. The van der Waals surface area contributed by atoms with Crippen LogP contribution in [0.2, 0.25) is 0 Å². The van der Waals surface area contributed by atoms with Gasteiger partial charge in [0.1, 0.15) is 11.3 Å². The molecule has 3 aromatic rings. The molecule has 0 spiro atoms. The lowest BCUT2D eigenvalue weighted by molar-refractivity contribution is -0.120. The number of aryl methyl sites for hydroxylation is 3. The highest BCUT2D eigenvalue weighted by atomic mass is 16.4. The number of fused-ring (bicyclic) bond motifs is 1. The SMILES string of the molecule is Cc1cc(O)c2c(C)c(CC(=O)NCCCn3ccnc3)c(=O)oc2c1. The summed E-state index contributed by atoms with van der Waals surface area (Å²) in [6, 6.07) is 3.30. The molecular formula is C19H21N3O4. The van der Waals surface area contributed by atoms with Gasteiger partial charge in [-0.25, -0.2) is 9.78 Å². The van der Waals surface area contributed by atoms with Crippen molar-refractivity contribution in [1.29, 1.82) is 0 Å². The summed E-state index contributed by atoms with van der Waals surface area (Å²) in [6.45, 7) is 4.78. The van der Waals surface area contributed by atoms with Crippen LogP contribution in [0.25, 0.3) is 11.0 Å². The van der Waals surface area contributed by atoms with Crippen LogP contribution in [0.3, 0.4) is 0 Å². The number of hydrogen-bond donors (Lipinski definition) is 2. The highest BCUT2D eigenvalue weighted by molar-refractivity contribution is 5.89. The average molecular weight is 355 g/mol. The van der Waals surface area contributed by atoms with Gasteiger partial charge in [0.25, 0.3) is 0 Å². The fourth-order valence-corrected chi connectivity index (χ4v) is 2.99. The zero-order chi connectivity index (χ0) is 18.7. The van der Waals surface area contributed by atoms with Gasteiger partial charge in [-0.15, -0.1) is 0 Å². The number of rotatable bonds is 6. The molecule has 0 aliphatic rings. The molecule has 0 saturated heterocycles. The predicted octanol–water partition coefficient (Wildman–Crippen LogP) is 2.06. The van der Waals surface area contributed by atoms with E-state index in [1.54, 1.807) is 38.5 Å². The molecular weight excluding hydrogens is 334 g/mol. The minimum atomic E-state index is -0.548. The summed E-state index contributed by atoms with van der Waals surface area (Å²) < 4.78 is 7.23. The van der Waals surface area contributed by atoms with Gasteiger partial charge in [0.2, 0.25) is 5.91 Å². The molecule has 0 saturated carbocycles. The van der Waals surface area contributed by atoms with Gasteiger partial charge >= 0.3 is 5.63 Å². The van der Waals surface area contributed by atoms with E-state index in [1.165, 1.54) is 0 Å². The van der Waals surface area contributed by atoms with Crippen molar-refractivity contribution in [2.45, 2.75) is 33.2 Å². The van der Waals surface area contributed by atoms with E-state index in [-0.39, 0.29) is 23.6 Å². The number of aromatic hydroxyl groups is 1. The summed E-state index contributed by atoms with van der Waals surface area (Å²) in [4.78, 5) is 28.4. The van der Waals surface area contributed by atoms with Crippen molar-refractivity contribution in [2.75, 3.05) is 6.54 Å². The zero-order valence-corrected chi connectivity index (χ0v) is 14.8. The Hall–Kier alpha value is -3.09. The lowest BCUT2D eigenvalue weighted by Gasteiger charge is -2.10. The van der Waals surface area contributed by atoms with E-state index in [9.17, 15) is 14.7 Å². The summed E-state index contributed by atoms with van der Waals surface area (Å²) in [7, 11) is 0. The molecule has 2 aromatic heterocycles. The first-order valence-corrected chi connectivity index (χ1v) is 8.44. The van der Waals surface area contributed by atoms with Crippen LogP contribution in [0.15, 0.2) is 40.1 Å². The third-order valence-electron chi connectivity index (χ3n) is 4.31. The molecule has 0 unspecified atom stereocenters. The third-order valence-corrected chi connectivity index (χ3v) is 4.31. The minimum absolute atomic E-state index is 0.0447. The molecule has 1 amide bonds. The molecule has 0 aliphatic heterocycles. The summed E-state index contributed by atoms with van der Waals surface area (Å²) in [5.41, 5.74) is 1.41. The zero-order valence-electron chi connectivity index (χ0n) is 14.8. The number of aromatic nitrogens is 2. The second-order valence-corrected chi connectivity index (χ2v) is 6.33. The van der Waals surface area contributed by atoms with Gasteiger partial charge in [-0.1, -0.05) is 0 Å². The van der Waals surface area contributed by atoms with Gasteiger partial charge in [-0.2, -0.15) is 0 Å². The number of nitrogens with one attached hydrogen (secondary N) is 1. The van der Waals surface area contributed by atoms with E-state index in [2.05, 4.69) is 10.3 Å². The van der Waals surface area contributed by atoms with Crippen LogP contribution in [0, 0.1) is 13.8 Å².